The summed E-state index contributed by atoms with van der Waals surface area (Å²) >= 11 is 0. The zero-order chi connectivity index (χ0) is 12.1. The van der Waals surface area contributed by atoms with E-state index in [2.05, 4.69) is 10.1 Å². The Balaban J connectivity index is 1.94. The number of hydrogen-bond acceptors (Lipinski definition) is 5. The standard InChI is InChI=1S/C12H12N2O3/c1-2-12-13-11(14-17-12)8-16-10-5-3-9(7-15)4-6-10/h3-7H,2,8H2,1H3. The van der Waals surface area contributed by atoms with Crippen molar-refractivity contribution >= 4 is 6.29 Å². The van der Waals surface area contributed by atoms with Crippen LogP contribution in [0.25, 0.3) is 0 Å². The maximum absolute atomic E-state index is 10.5. The topological polar surface area (TPSA) is 65.2 Å². The molecule has 0 N–H and O–H groups in total. The Labute approximate surface area is 98.4 Å². The minimum atomic E-state index is 0.254. The molecule has 0 aliphatic heterocycles. The van der Waals surface area contributed by atoms with Crippen molar-refractivity contribution < 1.29 is 14.1 Å². The summed E-state index contributed by atoms with van der Waals surface area (Å²) in [4.78, 5) is 14.6. The monoisotopic (exact) mass is 232 g/mol. The first-order chi connectivity index (χ1) is 8.31. The number of aromatic nitrogens is 2. The lowest BCUT2D eigenvalue weighted by Gasteiger charge is -2.02. The van der Waals surface area contributed by atoms with Crippen LogP contribution >= 0.6 is 0 Å². The van der Waals surface area contributed by atoms with Crippen LogP contribution in [0.3, 0.4) is 0 Å². The number of ether oxygens (including phenoxy) is 1. The molecule has 0 radical (unpaired) electrons. The van der Waals surface area contributed by atoms with Gasteiger partial charge in [-0.1, -0.05) is 12.1 Å². The van der Waals surface area contributed by atoms with Crippen LogP contribution in [0, 0.1) is 0 Å². The molecule has 0 amide bonds. The number of carbonyl (C=O) groups is 1. The molecule has 0 saturated carbocycles. The summed E-state index contributed by atoms with van der Waals surface area (Å²) in [5, 5.41) is 3.77. The quantitative estimate of drug-likeness (QED) is 0.738. The predicted octanol–water partition coefficient (Wildman–Crippen LogP) is 2.02. The van der Waals surface area contributed by atoms with E-state index in [1.165, 1.54) is 0 Å². The minimum absolute atomic E-state index is 0.254. The second-order valence-corrected chi connectivity index (χ2v) is 3.43. The molecule has 0 spiro atoms. The zero-order valence-electron chi connectivity index (χ0n) is 9.42. The normalized spacial score (nSPS) is 10.2. The van der Waals surface area contributed by atoms with E-state index in [1.54, 1.807) is 24.3 Å². The van der Waals surface area contributed by atoms with Gasteiger partial charge in [0, 0.05) is 12.0 Å². The van der Waals surface area contributed by atoms with Crippen LogP contribution in [0.1, 0.15) is 29.0 Å². The molecule has 17 heavy (non-hydrogen) atoms. The van der Waals surface area contributed by atoms with Gasteiger partial charge in [0.1, 0.15) is 12.0 Å². The second-order valence-electron chi connectivity index (χ2n) is 3.43. The molecule has 0 atom stereocenters. The summed E-state index contributed by atoms with van der Waals surface area (Å²) in [6.45, 7) is 2.19. The number of nitrogens with zero attached hydrogens (tertiary/aromatic N) is 2. The summed E-state index contributed by atoms with van der Waals surface area (Å²) in [7, 11) is 0. The predicted molar refractivity (Wildman–Crippen MR) is 59.8 cm³/mol. The molecular weight excluding hydrogens is 220 g/mol. The molecule has 0 aliphatic rings. The van der Waals surface area contributed by atoms with E-state index < -0.39 is 0 Å². The van der Waals surface area contributed by atoms with E-state index in [0.29, 0.717) is 29.4 Å². The number of carbonyl (C=O) groups excluding carboxylic acids is 1. The highest BCUT2D eigenvalue weighted by molar-refractivity contribution is 5.74. The van der Waals surface area contributed by atoms with Gasteiger partial charge in [0.2, 0.25) is 11.7 Å². The highest BCUT2D eigenvalue weighted by Gasteiger charge is 2.04. The van der Waals surface area contributed by atoms with Crippen molar-refractivity contribution in [1.29, 1.82) is 0 Å². The van der Waals surface area contributed by atoms with Gasteiger partial charge in [-0.3, -0.25) is 4.79 Å². The van der Waals surface area contributed by atoms with Gasteiger partial charge in [-0.05, 0) is 24.3 Å². The minimum Gasteiger partial charge on any atom is -0.485 e. The Hall–Kier alpha value is -2.17. The van der Waals surface area contributed by atoms with Gasteiger partial charge < -0.3 is 9.26 Å². The lowest BCUT2D eigenvalue weighted by atomic mass is 10.2. The van der Waals surface area contributed by atoms with Gasteiger partial charge in [0.25, 0.3) is 0 Å². The fraction of sp³-hybridized carbons (Fsp3) is 0.250. The Bertz CT molecular complexity index is 491. The van der Waals surface area contributed by atoms with Crippen LogP contribution in [0.5, 0.6) is 5.75 Å². The number of aryl methyl sites for hydroxylation is 1. The highest BCUT2D eigenvalue weighted by atomic mass is 16.5. The number of aldehydes is 1. The first kappa shape index (κ1) is 11.3. The SMILES string of the molecule is CCc1nc(COc2ccc(C=O)cc2)no1. The van der Waals surface area contributed by atoms with Crippen LogP contribution in [0.15, 0.2) is 28.8 Å². The van der Waals surface area contributed by atoms with E-state index in [0.717, 1.165) is 6.29 Å². The molecule has 2 aromatic rings. The summed E-state index contributed by atoms with van der Waals surface area (Å²) in [5.74, 6) is 1.78. The molecule has 0 fully saturated rings. The van der Waals surface area contributed by atoms with Crippen LogP contribution in [-0.4, -0.2) is 16.4 Å². The van der Waals surface area contributed by atoms with Gasteiger partial charge in [-0.2, -0.15) is 4.98 Å². The van der Waals surface area contributed by atoms with E-state index in [4.69, 9.17) is 9.26 Å². The van der Waals surface area contributed by atoms with E-state index >= 15 is 0 Å². The van der Waals surface area contributed by atoms with Crippen LogP contribution in [-0.2, 0) is 13.0 Å². The molecule has 1 aromatic carbocycles. The average molecular weight is 232 g/mol. The fourth-order valence-corrected chi connectivity index (χ4v) is 1.28. The number of benzene rings is 1. The van der Waals surface area contributed by atoms with Gasteiger partial charge in [-0.25, -0.2) is 0 Å². The van der Waals surface area contributed by atoms with E-state index in [1.807, 2.05) is 6.92 Å². The Morgan fingerprint density at radius 1 is 1.35 bits per heavy atom. The highest BCUT2D eigenvalue weighted by Crippen LogP contribution is 2.12. The summed E-state index contributed by atoms with van der Waals surface area (Å²) in [5.41, 5.74) is 0.616. The molecule has 2 rings (SSSR count). The van der Waals surface area contributed by atoms with Crippen LogP contribution in [0.4, 0.5) is 0 Å². The van der Waals surface area contributed by atoms with Crippen molar-refractivity contribution in [3.05, 3.63) is 41.5 Å². The van der Waals surface area contributed by atoms with Crippen LogP contribution in [0.2, 0.25) is 0 Å². The molecule has 88 valence electrons. The molecule has 0 bridgehead atoms. The molecule has 1 aromatic heterocycles. The molecule has 0 unspecified atom stereocenters. The third kappa shape index (κ3) is 2.90. The van der Waals surface area contributed by atoms with Crippen molar-refractivity contribution in [3.8, 4) is 5.75 Å². The summed E-state index contributed by atoms with van der Waals surface area (Å²) in [6.07, 6.45) is 1.50. The maximum Gasteiger partial charge on any atom is 0.226 e. The van der Waals surface area contributed by atoms with Crippen molar-refractivity contribution in [3.63, 3.8) is 0 Å². The summed E-state index contributed by atoms with van der Waals surface area (Å²) < 4.78 is 10.4. The van der Waals surface area contributed by atoms with Crippen molar-refractivity contribution in [1.82, 2.24) is 10.1 Å². The van der Waals surface area contributed by atoms with Gasteiger partial charge >= 0.3 is 0 Å². The fourth-order valence-electron chi connectivity index (χ4n) is 1.28. The third-order valence-electron chi connectivity index (χ3n) is 2.20. The lowest BCUT2D eigenvalue weighted by molar-refractivity contribution is 0.112. The summed E-state index contributed by atoms with van der Waals surface area (Å²) in [6, 6.07) is 6.83. The van der Waals surface area contributed by atoms with Gasteiger partial charge in [0.15, 0.2) is 6.61 Å². The largest absolute Gasteiger partial charge is 0.485 e. The van der Waals surface area contributed by atoms with Crippen molar-refractivity contribution in [2.45, 2.75) is 20.0 Å². The first-order valence-electron chi connectivity index (χ1n) is 5.31. The maximum atomic E-state index is 10.5. The molecule has 1 heterocycles. The number of hydrogen-bond donors (Lipinski definition) is 0. The average Bonchev–Trinajstić information content (AvgIpc) is 2.85. The third-order valence-corrected chi connectivity index (χ3v) is 2.20. The molecule has 0 aliphatic carbocycles. The van der Waals surface area contributed by atoms with E-state index in [-0.39, 0.29) is 6.61 Å². The number of rotatable bonds is 5. The van der Waals surface area contributed by atoms with Gasteiger partial charge in [0.05, 0.1) is 0 Å². The Morgan fingerprint density at radius 2 is 2.12 bits per heavy atom. The zero-order valence-corrected chi connectivity index (χ0v) is 9.42. The van der Waals surface area contributed by atoms with Crippen molar-refractivity contribution in [2.24, 2.45) is 0 Å². The Morgan fingerprint density at radius 3 is 2.71 bits per heavy atom. The lowest BCUT2D eigenvalue weighted by Crippen LogP contribution is -1.97. The van der Waals surface area contributed by atoms with Crippen molar-refractivity contribution in [2.75, 3.05) is 0 Å². The molecule has 0 saturated heterocycles. The smallest absolute Gasteiger partial charge is 0.226 e. The second kappa shape index (κ2) is 5.25. The molecule has 5 heteroatoms. The molecule has 5 nitrogen and oxygen atoms in total. The Kier molecular flexibility index (Phi) is 3.49. The van der Waals surface area contributed by atoms with E-state index in [9.17, 15) is 4.79 Å². The van der Waals surface area contributed by atoms with Crippen LogP contribution < -0.4 is 4.74 Å². The van der Waals surface area contributed by atoms with Gasteiger partial charge in [-0.15, -0.1) is 0 Å². The molecular formula is C12H12N2O3. The first-order valence-corrected chi connectivity index (χ1v) is 5.31.